The molecule has 29 heavy (non-hydrogen) atoms. The summed E-state index contributed by atoms with van der Waals surface area (Å²) in [6.07, 6.45) is 1.15. The molecule has 1 aromatic carbocycles. The summed E-state index contributed by atoms with van der Waals surface area (Å²) in [6, 6.07) is 11.8. The normalized spacial score (nSPS) is 24.7. The molecule has 164 valence electrons. The Bertz CT molecular complexity index is 608. The van der Waals surface area contributed by atoms with Gasteiger partial charge in [-0.15, -0.1) is 24.0 Å². The molecule has 0 bridgehead atoms. The topological polar surface area (TPSA) is 52.1 Å². The molecule has 0 radical (unpaired) electrons. The zero-order chi connectivity index (χ0) is 19.8. The molecular weight excluding hydrogens is 477 g/mol. The molecule has 1 aromatic rings. The van der Waals surface area contributed by atoms with Crippen molar-refractivity contribution in [2.24, 2.45) is 10.9 Å². The van der Waals surface area contributed by atoms with Crippen molar-refractivity contribution in [2.45, 2.75) is 38.9 Å². The van der Waals surface area contributed by atoms with Crippen LogP contribution in [0, 0.1) is 5.92 Å². The number of hydrogen-bond donors (Lipinski definition) is 2. The lowest BCUT2D eigenvalue weighted by Gasteiger charge is -2.29. The van der Waals surface area contributed by atoms with Crippen LogP contribution in [-0.2, 0) is 11.3 Å². The van der Waals surface area contributed by atoms with Gasteiger partial charge in [0.15, 0.2) is 5.96 Å². The van der Waals surface area contributed by atoms with Crippen molar-refractivity contribution < 1.29 is 4.74 Å². The fourth-order valence-electron chi connectivity index (χ4n) is 4.19. The van der Waals surface area contributed by atoms with Crippen LogP contribution < -0.4 is 10.6 Å². The standard InChI is InChI=1S/C22H37N5O.HI/c1-18(15-26-9-11-28-12-10-26)14-24-22(23-3)25-21-13-19(2)27(17-21)16-20-7-5-4-6-8-20;/h4-8,18-19,21H,9-17H2,1-3H3,(H2,23,24,25);1H. The lowest BCUT2D eigenvalue weighted by molar-refractivity contribution is 0.0320. The zero-order valence-corrected chi connectivity index (χ0v) is 20.5. The molecule has 2 aliphatic rings. The van der Waals surface area contributed by atoms with Gasteiger partial charge in [0, 0.05) is 58.4 Å². The Balaban J connectivity index is 0.00000300. The monoisotopic (exact) mass is 515 g/mol. The molecule has 3 unspecified atom stereocenters. The number of rotatable bonds is 7. The molecule has 3 atom stereocenters. The highest BCUT2D eigenvalue weighted by Crippen LogP contribution is 2.20. The van der Waals surface area contributed by atoms with E-state index in [1.54, 1.807) is 0 Å². The van der Waals surface area contributed by atoms with Gasteiger partial charge in [0.1, 0.15) is 0 Å². The molecule has 7 heteroatoms. The van der Waals surface area contributed by atoms with Gasteiger partial charge < -0.3 is 15.4 Å². The Kier molecular flexibility index (Phi) is 10.7. The number of benzene rings is 1. The van der Waals surface area contributed by atoms with E-state index in [0.29, 0.717) is 18.0 Å². The number of morpholine rings is 1. The van der Waals surface area contributed by atoms with Gasteiger partial charge in [0.05, 0.1) is 13.2 Å². The van der Waals surface area contributed by atoms with Gasteiger partial charge >= 0.3 is 0 Å². The third-order valence-electron chi connectivity index (χ3n) is 5.79. The van der Waals surface area contributed by atoms with E-state index in [-0.39, 0.29) is 24.0 Å². The number of aliphatic imine (C=N–C) groups is 1. The fraction of sp³-hybridized carbons (Fsp3) is 0.682. The highest BCUT2D eigenvalue weighted by Gasteiger charge is 2.29. The summed E-state index contributed by atoms with van der Waals surface area (Å²) in [4.78, 5) is 9.50. The Morgan fingerprint density at radius 3 is 2.66 bits per heavy atom. The second-order valence-electron chi connectivity index (χ2n) is 8.31. The molecule has 0 saturated carbocycles. The molecule has 3 rings (SSSR count). The summed E-state index contributed by atoms with van der Waals surface area (Å²) < 4.78 is 5.44. The maximum atomic E-state index is 5.44. The van der Waals surface area contributed by atoms with Crippen molar-refractivity contribution in [2.75, 3.05) is 53.0 Å². The first-order valence-electron chi connectivity index (χ1n) is 10.7. The molecule has 0 aromatic heterocycles. The smallest absolute Gasteiger partial charge is 0.191 e. The van der Waals surface area contributed by atoms with Crippen LogP contribution in [0.5, 0.6) is 0 Å². The second-order valence-corrected chi connectivity index (χ2v) is 8.31. The zero-order valence-electron chi connectivity index (χ0n) is 18.1. The quantitative estimate of drug-likeness (QED) is 0.332. The molecule has 2 heterocycles. The Morgan fingerprint density at radius 1 is 1.24 bits per heavy atom. The molecule has 0 amide bonds. The van der Waals surface area contributed by atoms with Gasteiger partial charge in [0.25, 0.3) is 0 Å². The van der Waals surface area contributed by atoms with Crippen LogP contribution in [0.4, 0.5) is 0 Å². The molecule has 2 aliphatic heterocycles. The van der Waals surface area contributed by atoms with Crippen molar-refractivity contribution in [3.05, 3.63) is 35.9 Å². The minimum atomic E-state index is 0. The average molecular weight is 515 g/mol. The van der Waals surface area contributed by atoms with Crippen molar-refractivity contribution >= 4 is 29.9 Å². The Morgan fingerprint density at radius 2 is 1.97 bits per heavy atom. The van der Waals surface area contributed by atoms with Crippen LogP contribution in [0.1, 0.15) is 25.8 Å². The fourth-order valence-corrected chi connectivity index (χ4v) is 4.19. The lowest BCUT2D eigenvalue weighted by Crippen LogP contribution is -2.47. The van der Waals surface area contributed by atoms with Gasteiger partial charge in [-0.2, -0.15) is 0 Å². The van der Waals surface area contributed by atoms with E-state index >= 15 is 0 Å². The first-order chi connectivity index (χ1) is 13.6. The summed E-state index contributed by atoms with van der Waals surface area (Å²) in [5, 5.41) is 7.16. The van der Waals surface area contributed by atoms with Crippen LogP contribution in [0.3, 0.4) is 0 Å². The van der Waals surface area contributed by atoms with Gasteiger partial charge in [0.2, 0.25) is 0 Å². The van der Waals surface area contributed by atoms with E-state index < -0.39 is 0 Å². The van der Waals surface area contributed by atoms with Crippen molar-refractivity contribution in [3.63, 3.8) is 0 Å². The summed E-state index contributed by atoms with van der Waals surface area (Å²) >= 11 is 0. The molecular formula is C22H38IN5O. The molecule has 2 fully saturated rings. The van der Waals surface area contributed by atoms with Crippen LogP contribution in [0.2, 0.25) is 0 Å². The van der Waals surface area contributed by atoms with Gasteiger partial charge in [-0.05, 0) is 24.8 Å². The summed E-state index contributed by atoms with van der Waals surface area (Å²) in [6.45, 7) is 12.6. The van der Waals surface area contributed by atoms with Gasteiger partial charge in [-0.25, -0.2) is 0 Å². The number of guanidine groups is 1. The minimum Gasteiger partial charge on any atom is -0.379 e. The molecule has 0 spiro atoms. The number of nitrogens with one attached hydrogen (secondary N) is 2. The van der Waals surface area contributed by atoms with Crippen LogP contribution >= 0.6 is 24.0 Å². The van der Waals surface area contributed by atoms with E-state index in [2.05, 4.69) is 69.6 Å². The molecule has 2 N–H and O–H groups in total. The lowest BCUT2D eigenvalue weighted by atomic mass is 10.1. The van der Waals surface area contributed by atoms with E-state index in [1.165, 1.54) is 5.56 Å². The number of nitrogens with zero attached hydrogens (tertiary/aromatic N) is 3. The SMILES string of the molecule is CN=C(NCC(C)CN1CCOCC1)NC1CC(C)N(Cc2ccccc2)C1.I. The number of hydrogen-bond acceptors (Lipinski definition) is 4. The average Bonchev–Trinajstić information content (AvgIpc) is 3.05. The Hall–Kier alpha value is -0.900. The van der Waals surface area contributed by atoms with Crippen LogP contribution in [0.25, 0.3) is 0 Å². The van der Waals surface area contributed by atoms with E-state index in [1.807, 2.05) is 7.05 Å². The maximum Gasteiger partial charge on any atom is 0.191 e. The summed E-state index contributed by atoms with van der Waals surface area (Å²) in [5.41, 5.74) is 1.38. The third kappa shape index (κ3) is 8.03. The van der Waals surface area contributed by atoms with Crippen LogP contribution in [0.15, 0.2) is 35.3 Å². The second kappa shape index (κ2) is 12.7. The van der Waals surface area contributed by atoms with E-state index in [0.717, 1.165) is 64.9 Å². The summed E-state index contributed by atoms with van der Waals surface area (Å²) in [7, 11) is 1.86. The predicted molar refractivity (Wildman–Crippen MR) is 131 cm³/mol. The molecule has 2 saturated heterocycles. The minimum absolute atomic E-state index is 0. The van der Waals surface area contributed by atoms with Gasteiger partial charge in [-0.3, -0.25) is 14.8 Å². The third-order valence-corrected chi connectivity index (χ3v) is 5.79. The van der Waals surface area contributed by atoms with Crippen molar-refractivity contribution in [1.29, 1.82) is 0 Å². The first kappa shape index (κ1) is 24.4. The highest BCUT2D eigenvalue weighted by atomic mass is 127. The predicted octanol–water partition coefficient (Wildman–Crippen LogP) is 2.40. The van der Waals surface area contributed by atoms with Crippen molar-refractivity contribution in [1.82, 2.24) is 20.4 Å². The summed E-state index contributed by atoms with van der Waals surface area (Å²) in [5.74, 6) is 1.50. The first-order valence-corrected chi connectivity index (χ1v) is 10.7. The van der Waals surface area contributed by atoms with Crippen molar-refractivity contribution in [3.8, 4) is 0 Å². The molecule has 0 aliphatic carbocycles. The highest BCUT2D eigenvalue weighted by molar-refractivity contribution is 14.0. The van der Waals surface area contributed by atoms with Gasteiger partial charge in [-0.1, -0.05) is 37.3 Å². The Labute approximate surface area is 193 Å². The number of likely N-dealkylation sites (tertiary alicyclic amines) is 1. The maximum absolute atomic E-state index is 5.44. The molecule has 6 nitrogen and oxygen atoms in total. The largest absolute Gasteiger partial charge is 0.379 e. The van der Waals surface area contributed by atoms with E-state index in [9.17, 15) is 0 Å². The number of ether oxygens (including phenoxy) is 1. The van der Waals surface area contributed by atoms with E-state index in [4.69, 9.17) is 4.74 Å². The number of halogens is 1. The van der Waals surface area contributed by atoms with Crippen LogP contribution in [-0.4, -0.2) is 80.8 Å².